The van der Waals surface area contributed by atoms with Gasteiger partial charge in [0.1, 0.15) is 24.2 Å². The molecule has 0 saturated carbocycles. The molecule has 0 spiro atoms. The minimum Gasteiger partial charge on any atom is -0.494 e. The minimum absolute atomic E-state index is 0.218. The monoisotopic (exact) mass is 309 g/mol. The third-order valence-electron chi connectivity index (χ3n) is 3.76. The Morgan fingerprint density at radius 3 is 2.50 bits per heavy atom. The maximum Gasteiger partial charge on any atom is 0.119 e. The zero-order valence-electron chi connectivity index (χ0n) is 13.7. The van der Waals surface area contributed by atoms with Gasteiger partial charge >= 0.3 is 0 Å². The predicted octanol–water partition coefficient (Wildman–Crippen LogP) is 1.93. The first-order valence-corrected chi connectivity index (χ1v) is 7.97. The summed E-state index contributed by atoms with van der Waals surface area (Å²) in [7, 11) is 0. The predicted molar refractivity (Wildman–Crippen MR) is 85.6 cm³/mol. The summed E-state index contributed by atoms with van der Waals surface area (Å²) in [5.41, 5.74) is 0. The molecule has 5 heteroatoms. The van der Waals surface area contributed by atoms with Gasteiger partial charge in [-0.2, -0.15) is 0 Å². The summed E-state index contributed by atoms with van der Waals surface area (Å²) in [6.45, 7) is 9.23. The lowest BCUT2D eigenvalue weighted by molar-refractivity contribution is -0.0650. The van der Waals surface area contributed by atoms with E-state index in [0.29, 0.717) is 25.8 Å². The highest BCUT2D eigenvalue weighted by atomic mass is 16.5. The van der Waals surface area contributed by atoms with Crippen LogP contribution in [0.2, 0.25) is 0 Å². The molecule has 0 bridgehead atoms. The van der Waals surface area contributed by atoms with E-state index in [1.165, 1.54) is 0 Å². The van der Waals surface area contributed by atoms with Crippen LogP contribution in [0.3, 0.4) is 0 Å². The summed E-state index contributed by atoms with van der Waals surface area (Å²) in [5.74, 6) is 1.57. The molecule has 0 amide bonds. The molecular formula is C17H27NO4. The van der Waals surface area contributed by atoms with Crippen LogP contribution in [0, 0.1) is 0 Å². The smallest absolute Gasteiger partial charge is 0.119 e. The molecule has 1 fully saturated rings. The second-order valence-corrected chi connectivity index (χ2v) is 5.82. The Hall–Kier alpha value is -1.30. The summed E-state index contributed by atoms with van der Waals surface area (Å²) >= 11 is 0. The van der Waals surface area contributed by atoms with Gasteiger partial charge in [-0.3, -0.25) is 4.90 Å². The average Bonchev–Trinajstić information content (AvgIpc) is 2.51. The van der Waals surface area contributed by atoms with Crippen molar-refractivity contribution in [2.45, 2.75) is 39.0 Å². The van der Waals surface area contributed by atoms with Crippen molar-refractivity contribution in [2.75, 3.05) is 32.9 Å². The molecule has 1 aromatic rings. The van der Waals surface area contributed by atoms with Crippen molar-refractivity contribution in [3.63, 3.8) is 0 Å². The van der Waals surface area contributed by atoms with Crippen molar-refractivity contribution in [1.29, 1.82) is 0 Å². The fourth-order valence-corrected chi connectivity index (χ4v) is 2.54. The summed E-state index contributed by atoms with van der Waals surface area (Å²) in [6.07, 6.45) is -0.297. The number of aliphatic hydroxyl groups excluding tert-OH is 1. The van der Waals surface area contributed by atoms with Crippen molar-refractivity contribution in [3.05, 3.63) is 24.3 Å². The number of nitrogens with zero attached hydrogens (tertiary/aromatic N) is 1. The van der Waals surface area contributed by atoms with E-state index < -0.39 is 6.10 Å². The van der Waals surface area contributed by atoms with Gasteiger partial charge in [-0.25, -0.2) is 0 Å². The van der Waals surface area contributed by atoms with Crippen LogP contribution in [0.15, 0.2) is 24.3 Å². The first kappa shape index (κ1) is 17.1. The Balaban J connectivity index is 1.75. The molecule has 2 rings (SSSR count). The Kier molecular flexibility index (Phi) is 6.49. The van der Waals surface area contributed by atoms with Gasteiger partial charge in [0.25, 0.3) is 0 Å². The topological polar surface area (TPSA) is 51.2 Å². The van der Waals surface area contributed by atoms with Crippen molar-refractivity contribution in [1.82, 2.24) is 4.90 Å². The van der Waals surface area contributed by atoms with Crippen molar-refractivity contribution in [2.24, 2.45) is 0 Å². The second-order valence-electron chi connectivity index (χ2n) is 5.82. The second kappa shape index (κ2) is 8.36. The maximum absolute atomic E-state index is 10.2. The van der Waals surface area contributed by atoms with Gasteiger partial charge in [-0.1, -0.05) is 0 Å². The molecular weight excluding hydrogens is 282 g/mol. The van der Waals surface area contributed by atoms with Crippen LogP contribution in [-0.4, -0.2) is 61.2 Å². The molecule has 1 N–H and O–H groups in total. The fraction of sp³-hybridized carbons (Fsp3) is 0.647. The van der Waals surface area contributed by atoms with E-state index in [0.717, 1.165) is 18.0 Å². The molecule has 3 atom stereocenters. The highest BCUT2D eigenvalue weighted by Crippen LogP contribution is 2.18. The molecule has 1 aliphatic heterocycles. The Morgan fingerprint density at radius 2 is 1.86 bits per heavy atom. The van der Waals surface area contributed by atoms with E-state index in [1.807, 2.05) is 31.2 Å². The largest absolute Gasteiger partial charge is 0.494 e. The van der Waals surface area contributed by atoms with Crippen molar-refractivity contribution < 1.29 is 19.3 Å². The van der Waals surface area contributed by atoms with Gasteiger partial charge in [-0.05, 0) is 45.0 Å². The molecule has 22 heavy (non-hydrogen) atoms. The molecule has 5 nitrogen and oxygen atoms in total. The van der Waals surface area contributed by atoms with Crippen LogP contribution >= 0.6 is 0 Å². The summed E-state index contributed by atoms with van der Waals surface area (Å²) in [4.78, 5) is 2.25. The highest BCUT2D eigenvalue weighted by molar-refractivity contribution is 5.31. The Morgan fingerprint density at radius 1 is 1.23 bits per heavy atom. The maximum atomic E-state index is 10.2. The zero-order chi connectivity index (χ0) is 15.9. The minimum atomic E-state index is -0.515. The number of rotatable bonds is 7. The molecule has 1 aliphatic rings. The third-order valence-corrected chi connectivity index (χ3v) is 3.76. The van der Waals surface area contributed by atoms with Crippen LogP contribution in [0.1, 0.15) is 20.8 Å². The van der Waals surface area contributed by atoms with E-state index in [2.05, 4.69) is 18.7 Å². The summed E-state index contributed by atoms with van der Waals surface area (Å²) < 4.78 is 16.6. The quantitative estimate of drug-likeness (QED) is 0.834. The summed E-state index contributed by atoms with van der Waals surface area (Å²) in [5, 5.41) is 10.2. The number of β-amino-alcohol motifs (C(OH)–C–C–N with tert-alkyl or cyclic N) is 1. The molecule has 0 unspecified atom stereocenters. The lowest BCUT2D eigenvalue weighted by Crippen LogP contribution is -2.50. The number of hydrogen-bond acceptors (Lipinski definition) is 5. The molecule has 0 aliphatic carbocycles. The van der Waals surface area contributed by atoms with Crippen LogP contribution in [0.4, 0.5) is 0 Å². The molecule has 0 aromatic heterocycles. The average molecular weight is 309 g/mol. The highest BCUT2D eigenvalue weighted by Gasteiger charge is 2.25. The van der Waals surface area contributed by atoms with E-state index in [1.54, 1.807) is 0 Å². The lowest BCUT2D eigenvalue weighted by atomic mass is 10.2. The number of benzene rings is 1. The van der Waals surface area contributed by atoms with Crippen molar-refractivity contribution >= 4 is 0 Å². The Labute approximate surface area is 132 Å². The number of ether oxygens (including phenoxy) is 3. The van der Waals surface area contributed by atoms with Gasteiger partial charge in [0.15, 0.2) is 0 Å². The standard InChI is InChI=1S/C17H27NO4/c1-4-20-16-5-7-17(8-6-16)22-12-15(19)10-18-9-14(3)21-11-13(18)2/h5-8,13-15,19H,4,9-12H2,1-3H3/t13-,14-,15+/m0/s1. The third kappa shape index (κ3) is 5.16. The van der Waals surface area contributed by atoms with Crippen molar-refractivity contribution in [3.8, 4) is 11.5 Å². The first-order chi connectivity index (χ1) is 10.6. The molecule has 1 heterocycles. The van der Waals surface area contributed by atoms with E-state index in [4.69, 9.17) is 14.2 Å². The molecule has 1 aromatic carbocycles. The van der Waals surface area contributed by atoms with Gasteiger partial charge < -0.3 is 19.3 Å². The summed E-state index contributed by atoms with van der Waals surface area (Å²) in [6, 6.07) is 7.79. The van der Waals surface area contributed by atoms with Gasteiger partial charge in [0, 0.05) is 19.1 Å². The molecule has 1 saturated heterocycles. The van der Waals surface area contributed by atoms with Gasteiger partial charge in [0.05, 0.1) is 19.3 Å². The Bertz CT molecular complexity index is 437. The number of hydrogen-bond donors (Lipinski definition) is 1. The number of aliphatic hydroxyl groups is 1. The van der Waals surface area contributed by atoms with Gasteiger partial charge in [-0.15, -0.1) is 0 Å². The van der Waals surface area contributed by atoms with E-state index >= 15 is 0 Å². The van der Waals surface area contributed by atoms with E-state index in [-0.39, 0.29) is 12.7 Å². The fourth-order valence-electron chi connectivity index (χ4n) is 2.54. The van der Waals surface area contributed by atoms with Crippen LogP contribution in [-0.2, 0) is 4.74 Å². The van der Waals surface area contributed by atoms with E-state index in [9.17, 15) is 5.11 Å². The van der Waals surface area contributed by atoms with Crippen LogP contribution in [0.25, 0.3) is 0 Å². The molecule has 0 radical (unpaired) electrons. The molecule has 124 valence electrons. The van der Waals surface area contributed by atoms with Crippen LogP contribution < -0.4 is 9.47 Å². The van der Waals surface area contributed by atoms with Gasteiger partial charge in [0.2, 0.25) is 0 Å². The SMILES string of the molecule is CCOc1ccc(OC[C@H](O)CN2C[C@H](C)OC[C@@H]2C)cc1. The first-order valence-electron chi connectivity index (χ1n) is 7.97. The lowest BCUT2D eigenvalue weighted by Gasteiger charge is -2.37. The zero-order valence-corrected chi connectivity index (χ0v) is 13.7. The van der Waals surface area contributed by atoms with Crippen LogP contribution in [0.5, 0.6) is 11.5 Å². The normalized spacial score (nSPS) is 24.0. The number of morpholine rings is 1.